The van der Waals surface area contributed by atoms with Crippen LogP contribution >= 0.6 is 0 Å². The van der Waals surface area contributed by atoms with Crippen LogP contribution in [0, 0.1) is 11.8 Å². The van der Waals surface area contributed by atoms with Crippen LogP contribution in [0.25, 0.3) is 0 Å². The molecule has 0 aromatic heterocycles. The lowest BCUT2D eigenvalue weighted by atomic mass is 9.86. The highest BCUT2D eigenvalue weighted by molar-refractivity contribution is 5.85. The molecule has 1 aliphatic carbocycles. The Bertz CT molecular complexity index is 370. The van der Waals surface area contributed by atoms with E-state index in [1.54, 1.807) is 4.90 Å². The second-order valence-corrected chi connectivity index (χ2v) is 5.46. The topological polar surface area (TPSA) is 63.7 Å². The van der Waals surface area contributed by atoms with Gasteiger partial charge in [-0.2, -0.15) is 0 Å². The molecule has 1 atom stereocenters. The minimum atomic E-state index is -0.226. The van der Waals surface area contributed by atoms with E-state index < -0.39 is 0 Å². The van der Waals surface area contributed by atoms with E-state index in [1.165, 1.54) is 7.11 Å². The summed E-state index contributed by atoms with van der Waals surface area (Å²) in [7, 11) is 1.38. The molecule has 1 amide bonds. The van der Waals surface area contributed by atoms with Crippen LogP contribution in [-0.4, -0.2) is 42.8 Å². The van der Waals surface area contributed by atoms with Crippen molar-refractivity contribution in [2.45, 2.75) is 38.5 Å². The fourth-order valence-electron chi connectivity index (χ4n) is 2.98. The number of hydrogen-bond donors (Lipinski definition) is 0. The molecule has 1 saturated carbocycles. The van der Waals surface area contributed by atoms with Crippen LogP contribution in [0.15, 0.2) is 0 Å². The highest BCUT2D eigenvalue weighted by Gasteiger charge is 2.33. The Morgan fingerprint density at radius 1 is 1.16 bits per heavy atom. The average molecular weight is 267 g/mol. The Labute approximate surface area is 113 Å². The Kier molecular flexibility index (Phi) is 4.56. The van der Waals surface area contributed by atoms with Crippen LogP contribution in [0.1, 0.15) is 38.5 Å². The van der Waals surface area contributed by atoms with Crippen LogP contribution < -0.4 is 0 Å². The third kappa shape index (κ3) is 3.33. The van der Waals surface area contributed by atoms with Gasteiger partial charge >= 0.3 is 5.97 Å². The van der Waals surface area contributed by atoms with E-state index in [1.807, 2.05) is 0 Å². The molecule has 0 radical (unpaired) electrons. The molecular weight excluding hydrogens is 246 g/mol. The van der Waals surface area contributed by atoms with E-state index in [2.05, 4.69) is 0 Å². The molecule has 106 valence electrons. The molecule has 5 nitrogen and oxygen atoms in total. The van der Waals surface area contributed by atoms with E-state index in [9.17, 15) is 14.4 Å². The standard InChI is InChI=1S/C14H21NO4/c1-19-14(18)11-3-2-8-15(9-11)13(17)10-4-6-12(16)7-5-10/h10-11H,2-9H2,1H3. The van der Waals surface area contributed by atoms with Crippen molar-refractivity contribution in [3.63, 3.8) is 0 Å². The van der Waals surface area contributed by atoms with Crippen LogP contribution in [0.4, 0.5) is 0 Å². The molecule has 0 spiro atoms. The van der Waals surface area contributed by atoms with Crippen molar-refractivity contribution in [1.29, 1.82) is 0 Å². The first-order chi connectivity index (χ1) is 9.11. The molecule has 0 bridgehead atoms. The van der Waals surface area contributed by atoms with Crippen molar-refractivity contribution in [3.8, 4) is 0 Å². The fourth-order valence-corrected chi connectivity index (χ4v) is 2.98. The van der Waals surface area contributed by atoms with Gasteiger partial charge in [0.05, 0.1) is 13.0 Å². The summed E-state index contributed by atoms with van der Waals surface area (Å²) in [5, 5.41) is 0. The van der Waals surface area contributed by atoms with Gasteiger partial charge in [0.25, 0.3) is 0 Å². The highest BCUT2D eigenvalue weighted by atomic mass is 16.5. The zero-order chi connectivity index (χ0) is 13.8. The quantitative estimate of drug-likeness (QED) is 0.704. The zero-order valence-corrected chi connectivity index (χ0v) is 11.4. The first kappa shape index (κ1) is 14.0. The van der Waals surface area contributed by atoms with Crippen molar-refractivity contribution in [1.82, 2.24) is 4.90 Å². The zero-order valence-electron chi connectivity index (χ0n) is 11.4. The number of carbonyl (C=O) groups is 3. The van der Waals surface area contributed by atoms with Gasteiger partial charge in [0.2, 0.25) is 5.91 Å². The number of ketones is 1. The minimum Gasteiger partial charge on any atom is -0.469 e. The maximum atomic E-state index is 12.4. The molecule has 1 heterocycles. The van der Waals surface area contributed by atoms with E-state index in [0.717, 1.165) is 19.4 Å². The van der Waals surface area contributed by atoms with E-state index >= 15 is 0 Å². The summed E-state index contributed by atoms with van der Waals surface area (Å²) in [5.74, 6) is -0.0745. The van der Waals surface area contributed by atoms with Gasteiger partial charge in [-0.3, -0.25) is 14.4 Å². The van der Waals surface area contributed by atoms with E-state index in [0.29, 0.717) is 32.2 Å². The number of piperidine rings is 1. The monoisotopic (exact) mass is 267 g/mol. The second-order valence-electron chi connectivity index (χ2n) is 5.46. The summed E-state index contributed by atoms with van der Waals surface area (Å²) in [6.45, 7) is 1.19. The molecule has 0 aromatic carbocycles. The highest BCUT2D eigenvalue weighted by Crippen LogP contribution is 2.26. The molecule has 2 rings (SSSR count). The summed E-state index contributed by atoms with van der Waals surface area (Å²) < 4.78 is 4.76. The van der Waals surface area contributed by atoms with Gasteiger partial charge in [0.15, 0.2) is 0 Å². The Morgan fingerprint density at radius 3 is 2.47 bits per heavy atom. The molecule has 1 aliphatic heterocycles. The van der Waals surface area contributed by atoms with Crippen LogP contribution in [0.5, 0.6) is 0 Å². The summed E-state index contributed by atoms with van der Waals surface area (Å²) in [4.78, 5) is 36.9. The third-order valence-corrected chi connectivity index (χ3v) is 4.16. The molecule has 1 unspecified atom stereocenters. The van der Waals surface area contributed by atoms with Crippen molar-refractivity contribution in [2.24, 2.45) is 11.8 Å². The number of amides is 1. The smallest absolute Gasteiger partial charge is 0.310 e. The maximum absolute atomic E-state index is 12.4. The van der Waals surface area contributed by atoms with Gasteiger partial charge in [-0.15, -0.1) is 0 Å². The predicted octanol–water partition coefficient (Wildman–Crippen LogP) is 1.16. The Morgan fingerprint density at radius 2 is 1.84 bits per heavy atom. The fraction of sp³-hybridized carbons (Fsp3) is 0.786. The van der Waals surface area contributed by atoms with Gasteiger partial charge in [-0.25, -0.2) is 0 Å². The number of methoxy groups -OCH3 is 1. The van der Waals surface area contributed by atoms with Crippen LogP contribution in [0.3, 0.4) is 0 Å². The lowest BCUT2D eigenvalue weighted by Gasteiger charge is -2.34. The summed E-state index contributed by atoms with van der Waals surface area (Å²) in [6.07, 6.45) is 4.00. The number of nitrogens with zero attached hydrogens (tertiary/aromatic N) is 1. The first-order valence-electron chi connectivity index (χ1n) is 7.00. The number of carbonyl (C=O) groups excluding carboxylic acids is 3. The lowest BCUT2D eigenvalue weighted by Crippen LogP contribution is -2.45. The van der Waals surface area contributed by atoms with Crippen molar-refractivity contribution < 1.29 is 19.1 Å². The molecular formula is C14H21NO4. The number of esters is 1. The number of hydrogen-bond acceptors (Lipinski definition) is 4. The number of likely N-dealkylation sites (tertiary alicyclic amines) is 1. The molecule has 0 aromatic rings. The SMILES string of the molecule is COC(=O)C1CCCN(C(=O)C2CCC(=O)CC2)C1. The van der Waals surface area contributed by atoms with Crippen molar-refractivity contribution in [2.75, 3.05) is 20.2 Å². The molecule has 5 heteroatoms. The van der Waals surface area contributed by atoms with E-state index in [-0.39, 0.29) is 29.5 Å². The molecule has 1 saturated heterocycles. The third-order valence-electron chi connectivity index (χ3n) is 4.16. The number of rotatable bonds is 2. The normalized spacial score (nSPS) is 25.2. The van der Waals surface area contributed by atoms with Gasteiger partial charge in [-0.05, 0) is 25.7 Å². The van der Waals surface area contributed by atoms with Crippen molar-refractivity contribution >= 4 is 17.7 Å². The number of ether oxygens (including phenoxy) is 1. The lowest BCUT2D eigenvalue weighted by molar-refractivity contribution is -0.150. The Balaban J connectivity index is 1.91. The summed E-state index contributed by atoms with van der Waals surface area (Å²) in [5.41, 5.74) is 0. The van der Waals surface area contributed by atoms with Gasteiger partial charge < -0.3 is 9.64 Å². The predicted molar refractivity (Wildman–Crippen MR) is 68.3 cm³/mol. The molecule has 2 aliphatic rings. The van der Waals surface area contributed by atoms with Gasteiger partial charge in [-0.1, -0.05) is 0 Å². The second kappa shape index (κ2) is 6.17. The van der Waals surface area contributed by atoms with Gasteiger partial charge in [0, 0.05) is 31.8 Å². The van der Waals surface area contributed by atoms with Crippen LogP contribution in [0.2, 0.25) is 0 Å². The van der Waals surface area contributed by atoms with Crippen LogP contribution in [-0.2, 0) is 19.1 Å². The van der Waals surface area contributed by atoms with Gasteiger partial charge in [0.1, 0.15) is 5.78 Å². The summed E-state index contributed by atoms with van der Waals surface area (Å²) in [6, 6.07) is 0. The molecule has 0 N–H and O–H groups in total. The molecule has 19 heavy (non-hydrogen) atoms. The van der Waals surface area contributed by atoms with E-state index in [4.69, 9.17) is 4.74 Å². The molecule has 2 fully saturated rings. The largest absolute Gasteiger partial charge is 0.469 e. The Hall–Kier alpha value is -1.39. The van der Waals surface area contributed by atoms with Crippen molar-refractivity contribution in [3.05, 3.63) is 0 Å². The number of Topliss-reactive ketones (excluding diaryl/α,β-unsaturated/α-hetero) is 1. The summed E-state index contributed by atoms with van der Waals surface area (Å²) >= 11 is 0. The first-order valence-corrected chi connectivity index (χ1v) is 7.00. The average Bonchev–Trinajstić information content (AvgIpc) is 2.46. The maximum Gasteiger partial charge on any atom is 0.310 e. The minimum absolute atomic E-state index is 0.0332.